The van der Waals surface area contributed by atoms with Gasteiger partial charge in [0.15, 0.2) is 0 Å². The van der Waals surface area contributed by atoms with Crippen LogP contribution in [0.25, 0.3) is 0 Å². The first-order chi connectivity index (χ1) is 6.95. The molecule has 1 unspecified atom stereocenters. The van der Waals surface area contributed by atoms with Gasteiger partial charge in [-0.1, -0.05) is 38.5 Å². The number of hydrogen-bond acceptors (Lipinski definition) is 1. The molecule has 14 heavy (non-hydrogen) atoms. The largest absolute Gasteiger partial charge is 0.316 e. The van der Waals surface area contributed by atoms with Crippen molar-refractivity contribution in [1.29, 1.82) is 0 Å². The summed E-state index contributed by atoms with van der Waals surface area (Å²) < 4.78 is 0. The number of piperidine rings is 1. The molecular weight excluding hydrogens is 170 g/mol. The second kappa shape index (κ2) is 5.75. The SMILES string of the molecule is C1CCCC(CC2CCCNC2)CC1. The molecule has 1 aliphatic heterocycles. The minimum Gasteiger partial charge on any atom is -0.316 e. The second-order valence-electron chi connectivity index (χ2n) is 5.31. The van der Waals surface area contributed by atoms with Gasteiger partial charge in [-0.15, -0.1) is 0 Å². The second-order valence-corrected chi connectivity index (χ2v) is 5.31. The molecule has 0 spiro atoms. The Morgan fingerprint density at radius 1 is 0.786 bits per heavy atom. The van der Waals surface area contributed by atoms with Crippen molar-refractivity contribution in [1.82, 2.24) is 5.32 Å². The van der Waals surface area contributed by atoms with Gasteiger partial charge in [-0.25, -0.2) is 0 Å². The molecule has 1 saturated carbocycles. The Balaban J connectivity index is 1.71. The predicted octanol–water partition coefficient (Wildman–Crippen LogP) is 3.35. The third-order valence-electron chi connectivity index (χ3n) is 4.04. The fraction of sp³-hybridized carbons (Fsp3) is 1.00. The summed E-state index contributed by atoms with van der Waals surface area (Å²) in [5.74, 6) is 2.08. The molecule has 1 N–H and O–H groups in total. The molecule has 2 fully saturated rings. The van der Waals surface area contributed by atoms with Gasteiger partial charge in [0.05, 0.1) is 0 Å². The fourth-order valence-corrected chi connectivity index (χ4v) is 3.20. The van der Waals surface area contributed by atoms with Crippen molar-refractivity contribution in [3.8, 4) is 0 Å². The van der Waals surface area contributed by atoms with E-state index in [1.54, 1.807) is 0 Å². The van der Waals surface area contributed by atoms with Crippen LogP contribution in [-0.2, 0) is 0 Å². The van der Waals surface area contributed by atoms with Crippen LogP contribution in [-0.4, -0.2) is 13.1 Å². The first-order valence-electron chi connectivity index (χ1n) is 6.66. The molecule has 1 aliphatic carbocycles. The van der Waals surface area contributed by atoms with Gasteiger partial charge in [-0.3, -0.25) is 0 Å². The van der Waals surface area contributed by atoms with Crippen LogP contribution in [0.1, 0.15) is 57.8 Å². The fourth-order valence-electron chi connectivity index (χ4n) is 3.20. The first kappa shape index (κ1) is 10.5. The molecular formula is C13H25N. The van der Waals surface area contributed by atoms with E-state index in [2.05, 4.69) is 5.32 Å². The van der Waals surface area contributed by atoms with Crippen molar-refractivity contribution in [2.45, 2.75) is 57.8 Å². The number of rotatable bonds is 2. The lowest BCUT2D eigenvalue weighted by Crippen LogP contribution is -2.30. The zero-order valence-corrected chi connectivity index (χ0v) is 9.43. The highest BCUT2D eigenvalue weighted by Crippen LogP contribution is 2.30. The Bertz CT molecular complexity index is 141. The summed E-state index contributed by atoms with van der Waals surface area (Å²) >= 11 is 0. The number of hydrogen-bond donors (Lipinski definition) is 1. The van der Waals surface area contributed by atoms with Crippen LogP contribution >= 0.6 is 0 Å². The average Bonchev–Trinajstić information content (AvgIpc) is 2.48. The quantitative estimate of drug-likeness (QED) is 0.666. The lowest BCUT2D eigenvalue weighted by molar-refractivity contribution is 0.285. The van der Waals surface area contributed by atoms with Crippen LogP contribution in [0.5, 0.6) is 0 Å². The first-order valence-corrected chi connectivity index (χ1v) is 6.66. The molecule has 0 amide bonds. The number of nitrogens with one attached hydrogen (secondary N) is 1. The van der Waals surface area contributed by atoms with Gasteiger partial charge in [-0.2, -0.15) is 0 Å². The Morgan fingerprint density at radius 3 is 2.14 bits per heavy atom. The third kappa shape index (κ3) is 3.27. The summed E-state index contributed by atoms with van der Waals surface area (Å²) in [5.41, 5.74) is 0. The molecule has 0 radical (unpaired) electrons. The maximum absolute atomic E-state index is 3.54. The van der Waals surface area contributed by atoms with Crippen LogP contribution in [0.3, 0.4) is 0 Å². The third-order valence-corrected chi connectivity index (χ3v) is 4.04. The molecule has 0 aromatic rings. The van der Waals surface area contributed by atoms with Crippen LogP contribution in [0.15, 0.2) is 0 Å². The minimum atomic E-state index is 1.01. The van der Waals surface area contributed by atoms with Crippen molar-refractivity contribution in [2.24, 2.45) is 11.8 Å². The molecule has 2 aliphatic rings. The predicted molar refractivity (Wildman–Crippen MR) is 61.4 cm³/mol. The van der Waals surface area contributed by atoms with E-state index >= 15 is 0 Å². The van der Waals surface area contributed by atoms with E-state index in [1.807, 2.05) is 0 Å². The smallest absolute Gasteiger partial charge is 0.00204 e. The molecule has 0 bridgehead atoms. The molecule has 1 saturated heterocycles. The Labute approximate surface area is 88.7 Å². The summed E-state index contributed by atoms with van der Waals surface area (Å²) in [6.45, 7) is 2.57. The zero-order valence-electron chi connectivity index (χ0n) is 9.43. The van der Waals surface area contributed by atoms with E-state index in [4.69, 9.17) is 0 Å². The maximum Gasteiger partial charge on any atom is -0.00204 e. The average molecular weight is 195 g/mol. The van der Waals surface area contributed by atoms with Crippen molar-refractivity contribution in [3.05, 3.63) is 0 Å². The molecule has 0 aromatic heterocycles. The summed E-state index contributed by atoms with van der Waals surface area (Å²) in [5, 5.41) is 3.54. The monoisotopic (exact) mass is 195 g/mol. The van der Waals surface area contributed by atoms with Gasteiger partial charge in [0, 0.05) is 0 Å². The standard InChI is InChI=1S/C13H25N/c1-2-4-7-12(6-3-1)10-13-8-5-9-14-11-13/h12-14H,1-11H2. The van der Waals surface area contributed by atoms with Crippen molar-refractivity contribution in [2.75, 3.05) is 13.1 Å². The Kier molecular flexibility index (Phi) is 4.30. The van der Waals surface area contributed by atoms with E-state index in [0.29, 0.717) is 0 Å². The van der Waals surface area contributed by atoms with Gasteiger partial charge < -0.3 is 5.32 Å². The zero-order chi connectivity index (χ0) is 9.64. The van der Waals surface area contributed by atoms with E-state index in [0.717, 1.165) is 11.8 Å². The van der Waals surface area contributed by atoms with Gasteiger partial charge in [-0.05, 0) is 44.2 Å². The van der Waals surface area contributed by atoms with Crippen molar-refractivity contribution < 1.29 is 0 Å². The highest BCUT2D eigenvalue weighted by molar-refractivity contribution is 4.74. The van der Waals surface area contributed by atoms with Crippen molar-refractivity contribution in [3.63, 3.8) is 0 Å². The van der Waals surface area contributed by atoms with E-state index in [-0.39, 0.29) is 0 Å². The highest BCUT2D eigenvalue weighted by atomic mass is 14.9. The Hall–Kier alpha value is -0.0400. The summed E-state index contributed by atoms with van der Waals surface area (Å²) in [7, 11) is 0. The van der Waals surface area contributed by atoms with E-state index in [9.17, 15) is 0 Å². The van der Waals surface area contributed by atoms with Gasteiger partial charge in [0.1, 0.15) is 0 Å². The van der Waals surface area contributed by atoms with Crippen LogP contribution in [0, 0.1) is 11.8 Å². The Morgan fingerprint density at radius 2 is 1.50 bits per heavy atom. The van der Waals surface area contributed by atoms with Gasteiger partial charge >= 0.3 is 0 Å². The normalized spacial score (nSPS) is 31.3. The molecule has 0 aromatic carbocycles. The molecule has 82 valence electrons. The minimum absolute atomic E-state index is 1.01. The summed E-state index contributed by atoms with van der Waals surface area (Å²) in [4.78, 5) is 0. The van der Waals surface area contributed by atoms with Gasteiger partial charge in [0.25, 0.3) is 0 Å². The van der Waals surface area contributed by atoms with Gasteiger partial charge in [0.2, 0.25) is 0 Å². The summed E-state index contributed by atoms with van der Waals surface area (Å²) in [6, 6.07) is 0. The van der Waals surface area contributed by atoms with Crippen LogP contribution in [0.2, 0.25) is 0 Å². The molecule has 2 rings (SSSR count). The lowest BCUT2D eigenvalue weighted by atomic mass is 9.85. The molecule has 1 heteroatoms. The van der Waals surface area contributed by atoms with E-state index < -0.39 is 0 Å². The topological polar surface area (TPSA) is 12.0 Å². The summed E-state index contributed by atoms with van der Waals surface area (Å²) in [6.07, 6.45) is 13.5. The maximum atomic E-state index is 3.54. The van der Waals surface area contributed by atoms with E-state index in [1.165, 1.54) is 70.9 Å². The highest BCUT2D eigenvalue weighted by Gasteiger charge is 2.19. The molecule has 1 nitrogen and oxygen atoms in total. The molecule has 1 atom stereocenters. The van der Waals surface area contributed by atoms with Crippen LogP contribution < -0.4 is 5.32 Å². The van der Waals surface area contributed by atoms with Crippen molar-refractivity contribution >= 4 is 0 Å². The molecule has 1 heterocycles. The lowest BCUT2D eigenvalue weighted by Gasteiger charge is -2.26. The van der Waals surface area contributed by atoms with Crippen LogP contribution in [0.4, 0.5) is 0 Å².